The number of hydrogen-bond acceptors (Lipinski definition) is 3. The zero-order chi connectivity index (χ0) is 12.5. The zero-order valence-corrected chi connectivity index (χ0v) is 9.02. The van der Waals surface area contributed by atoms with E-state index in [4.69, 9.17) is 30.1 Å². The van der Waals surface area contributed by atoms with E-state index >= 15 is 0 Å². The summed E-state index contributed by atoms with van der Waals surface area (Å²) in [5.74, 6) is -0.935. The molecule has 8 heteroatoms. The lowest BCUT2D eigenvalue weighted by Gasteiger charge is -2.08. The van der Waals surface area contributed by atoms with Crippen molar-refractivity contribution in [1.29, 1.82) is 0 Å². The first-order valence-electron chi connectivity index (χ1n) is 3.90. The Morgan fingerprint density at radius 2 is 1.87 bits per heavy atom. The van der Waals surface area contributed by atoms with Crippen molar-refractivity contribution in [3.05, 3.63) is 12.7 Å². The number of carbonyl (C=O) groups is 1. The average Bonchev–Trinajstić information content (AvgIpc) is 2.54. The predicted molar refractivity (Wildman–Crippen MR) is 51.7 cm³/mol. The SMILES string of the molecule is C=CC1(C)CC1(N)C(=O)O.O=P(O)(O)O. The van der Waals surface area contributed by atoms with Crippen LogP contribution < -0.4 is 5.73 Å². The quantitative estimate of drug-likeness (QED) is 0.321. The van der Waals surface area contributed by atoms with Crippen molar-refractivity contribution in [2.24, 2.45) is 11.1 Å². The Morgan fingerprint density at radius 1 is 1.53 bits per heavy atom. The number of aliphatic carboxylic acids is 1. The van der Waals surface area contributed by atoms with Crippen molar-refractivity contribution in [3.8, 4) is 0 Å². The Kier molecular flexibility index (Phi) is 3.84. The molecule has 0 spiro atoms. The van der Waals surface area contributed by atoms with Crippen molar-refractivity contribution in [3.63, 3.8) is 0 Å². The van der Waals surface area contributed by atoms with Gasteiger partial charge >= 0.3 is 13.8 Å². The lowest BCUT2D eigenvalue weighted by atomic mass is 10.0. The number of carboxylic acid groups (broad SMARTS) is 1. The zero-order valence-electron chi connectivity index (χ0n) is 8.12. The number of rotatable bonds is 2. The molecule has 0 heterocycles. The summed E-state index contributed by atoms with van der Waals surface area (Å²) in [6, 6.07) is 0. The second-order valence-corrected chi connectivity index (χ2v) is 4.61. The van der Waals surface area contributed by atoms with Crippen molar-refractivity contribution in [2.75, 3.05) is 0 Å². The standard InChI is InChI=1S/C7H11NO2.H3O4P/c1-3-6(2)4-7(6,8)5(9)10;1-5(2,3)4/h3H,1,4,8H2,2H3,(H,9,10);(H3,1,2,3,4). The summed E-state index contributed by atoms with van der Waals surface area (Å²) in [5.41, 5.74) is 4.07. The molecule has 0 aromatic rings. The molecule has 2 atom stereocenters. The summed E-state index contributed by atoms with van der Waals surface area (Å²) in [7, 11) is -4.64. The van der Waals surface area contributed by atoms with Crippen LogP contribution in [0.25, 0.3) is 0 Å². The summed E-state index contributed by atoms with van der Waals surface area (Å²) in [6.45, 7) is 5.33. The molecule has 7 nitrogen and oxygen atoms in total. The van der Waals surface area contributed by atoms with Crippen LogP contribution in [0.5, 0.6) is 0 Å². The van der Waals surface area contributed by atoms with Crippen molar-refractivity contribution in [1.82, 2.24) is 0 Å². The molecule has 1 rings (SSSR count). The highest BCUT2D eigenvalue weighted by molar-refractivity contribution is 7.45. The number of nitrogens with two attached hydrogens (primary N) is 1. The molecule has 1 fully saturated rings. The topological polar surface area (TPSA) is 141 Å². The van der Waals surface area contributed by atoms with Crippen LogP contribution in [0.4, 0.5) is 0 Å². The average molecular weight is 239 g/mol. The minimum Gasteiger partial charge on any atom is -0.480 e. The Labute approximate surface area is 86.5 Å². The molecule has 6 N–H and O–H groups in total. The molecule has 0 aliphatic heterocycles. The first-order valence-corrected chi connectivity index (χ1v) is 5.47. The molecular formula is C7H14NO6P. The van der Waals surface area contributed by atoms with Gasteiger partial charge < -0.3 is 25.5 Å². The summed E-state index contributed by atoms with van der Waals surface area (Å²) in [5, 5.41) is 8.61. The molecule has 1 aliphatic carbocycles. The van der Waals surface area contributed by atoms with Gasteiger partial charge in [-0.2, -0.15) is 0 Å². The van der Waals surface area contributed by atoms with Crippen molar-refractivity contribution >= 4 is 13.8 Å². The smallest absolute Gasteiger partial charge is 0.466 e. The Hall–Kier alpha value is -0.720. The molecule has 0 aromatic heterocycles. The van der Waals surface area contributed by atoms with Crippen molar-refractivity contribution in [2.45, 2.75) is 18.9 Å². The summed E-state index contributed by atoms with van der Waals surface area (Å²) in [4.78, 5) is 32.0. The van der Waals surface area contributed by atoms with Crippen LogP contribution >= 0.6 is 7.82 Å². The first kappa shape index (κ1) is 14.3. The van der Waals surface area contributed by atoms with Crippen LogP contribution in [-0.4, -0.2) is 31.3 Å². The fourth-order valence-corrected chi connectivity index (χ4v) is 1.11. The lowest BCUT2D eigenvalue weighted by molar-refractivity contribution is -0.140. The number of carboxylic acids is 1. The first-order chi connectivity index (χ1) is 6.46. The highest BCUT2D eigenvalue weighted by Crippen LogP contribution is 2.54. The monoisotopic (exact) mass is 239 g/mol. The minimum atomic E-state index is -4.64. The largest absolute Gasteiger partial charge is 0.480 e. The van der Waals surface area contributed by atoms with Gasteiger partial charge in [0.15, 0.2) is 0 Å². The molecule has 2 unspecified atom stereocenters. The number of phosphoric acid groups is 1. The molecule has 0 radical (unpaired) electrons. The lowest BCUT2D eigenvalue weighted by Crippen LogP contribution is -2.37. The maximum Gasteiger partial charge on any atom is 0.466 e. The van der Waals surface area contributed by atoms with E-state index in [9.17, 15) is 4.79 Å². The van der Waals surface area contributed by atoms with Crippen LogP contribution in [0.1, 0.15) is 13.3 Å². The van der Waals surface area contributed by atoms with Crippen LogP contribution in [0.2, 0.25) is 0 Å². The van der Waals surface area contributed by atoms with Crippen molar-refractivity contribution < 1.29 is 29.1 Å². The van der Waals surface area contributed by atoms with E-state index in [-0.39, 0.29) is 0 Å². The Bertz CT molecular complexity index is 317. The maximum absolute atomic E-state index is 10.5. The van der Waals surface area contributed by atoms with Gasteiger partial charge in [-0.15, -0.1) is 6.58 Å². The van der Waals surface area contributed by atoms with Gasteiger partial charge in [-0.25, -0.2) is 4.57 Å². The van der Waals surface area contributed by atoms with E-state index in [1.807, 2.05) is 0 Å². The second-order valence-electron chi connectivity index (χ2n) is 3.59. The summed E-state index contributed by atoms with van der Waals surface area (Å²) >= 11 is 0. The molecule has 15 heavy (non-hydrogen) atoms. The molecule has 0 saturated heterocycles. The van der Waals surface area contributed by atoms with Gasteiger partial charge in [0.1, 0.15) is 5.54 Å². The number of hydrogen-bond donors (Lipinski definition) is 5. The van der Waals surface area contributed by atoms with E-state index in [0.717, 1.165) is 0 Å². The Balaban J connectivity index is 0.000000336. The third-order valence-corrected chi connectivity index (χ3v) is 2.37. The van der Waals surface area contributed by atoms with E-state index in [1.165, 1.54) is 0 Å². The molecule has 0 amide bonds. The predicted octanol–water partition coefficient (Wildman–Crippen LogP) is -0.564. The fraction of sp³-hybridized carbons (Fsp3) is 0.571. The van der Waals surface area contributed by atoms with Gasteiger partial charge in [-0.05, 0) is 6.42 Å². The van der Waals surface area contributed by atoms with Gasteiger partial charge in [0, 0.05) is 5.41 Å². The highest BCUT2D eigenvalue weighted by atomic mass is 31.2. The van der Waals surface area contributed by atoms with Crippen LogP contribution in [0, 0.1) is 5.41 Å². The van der Waals surface area contributed by atoms with Crippen LogP contribution in [0.3, 0.4) is 0 Å². The van der Waals surface area contributed by atoms with Gasteiger partial charge in [0.05, 0.1) is 0 Å². The van der Waals surface area contributed by atoms with Crippen LogP contribution in [0.15, 0.2) is 12.7 Å². The van der Waals surface area contributed by atoms with E-state index in [0.29, 0.717) is 6.42 Å². The van der Waals surface area contributed by atoms with Gasteiger partial charge in [0.2, 0.25) is 0 Å². The Morgan fingerprint density at radius 3 is 1.93 bits per heavy atom. The molecular weight excluding hydrogens is 225 g/mol. The normalized spacial score (nSPS) is 33.7. The van der Waals surface area contributed by atoms with Gasteiger partial charge in [-0.3, -0.25) is 4.79 Å². The summed E-state index contributed by atoms with van der Waals surface area (Å²) in [6.07, 6.45) is 2.11. The third-order valence-electron chi connectivity index (χ3n) is 2.37. The van der Waals surface area contributed by atoms with Crippen LogP contribution in [-0.2, 0) is 9.36 Å². The van der Waals surface area contributed by atoms with Gasteiger partial charge in [-0.1, -0.05) is 13.0 Å². The second kappa shape index (κ2) is 4.03. The molecule has 88 valence electrons. The molecule has 1 saturated carbocycles. The third kappa shape index (κ3) is 3.73. The molecule has 0 aromatic carbocycles. The molecule has 0 bridgehead atoms. The molecule has 1 aliphatic rings. The van der Waals surface area contributed by atoms with Gasteiger partial charge in [0.25, 0.3) is 0 Å². The maximum atomic E-state index is 10.5. The van der Waals surface area contributed by atoms with E-state index < -0.39 is 24.7 Å². The summed E-state index contributed by atoms with van der Waals surface area (Å²) < 4.78 is 8.88. The highest BCUT2D eigenvalue weighted by Gasteiger charge is 2.65. The van der Waals surface area contributed by atoms with E-state index in [2.05, 4.69) is 6.58 Å². The minimum absolute atomic E-state index is 0.390. The van der Waals surface area contributed by atoms with E-state index in [1.54, 1.807) is 13.0 Å². The fourth-order valence-electron chi connectivity index (χ4n) is 1.11.